The summed E-state index contributed by atoms with van der Waals surface area (Å²) in [5.74, 6) is 1.84. The van der Waals surface area contributed by atoms with Crippen molar-refractivity contribution in [2.45, 2.75) is 40.0 Å². The topological polar surface area (TPSA) is 37.8 Å². The summed E-state index contributed by atoms with van der Waals surface area (Å²) < 4.78 is 0. The first-order valence-electron chi connectivity index (χ1n) is 7.37. The molecule has 0 amide bonds. The maximum absolute atomic E-state index is 4.68. The number of hydrogen-bond acceptors (Lipinski definition) is 3. The molecule has 0 radical (unpaired) electrons. The van der Waals surface area contributed by atoms with Crippen LogP contribution in [0.1, 0.15) is 42.9 Å². The largest absolute Gasteiger partial charge is 0.370 e. The van der Waals surface area contributed by atoms with E-state index in [0.29, 0.717) is 0 Å². The number of anilines is 1. The van der Waals surface area contributed by atoms with Crippen molar-refractivity contribution < 1.29 is 0 Å². The average molecular weight is 269 g/mol. The van der Waals surface area contributed by atoms with E-state index in [4.69, 9.17) is 0 Å². The number of nitrogens with zero attached hydrogens (tertiary/aromatic N) is 2. The highest BCUT2D eigenvalue weighted by Crippen LogP contribution is 2.13. The fraction of sp³-hybridized carbons (Fsp3) is 0.412. The van der Waals surface area contributed by atoms with Gasteiger partial charge in [0.15, 0.2) is 0 Å². The van der Waals surface area contributed by atoms with Crippen molar-refractivity contribution in [1.82, 2.24) is 9.97 Å². The summed E-state index contributed by atoms with van der Waals surface area (Å²) in [4.78, 5) is 9.29. The Morgan fingerprint density at radius 2 is 1.95 bits per heavy atom. The van der Waals surface area contributed by atoms with Crippen LogP contribution in [0.25, 0.3) is 0 Å². The lowest BCUT2D eigenvalue weighted by molar-refractivity contribution is 0.841. The Morgan fingerprint density at radius 3 is 2.65 bits per heavy atom. The Bertz CT molecular complexity index is 540. The number of benzene rings is 1. The second kappa shape index (κ2) is 7.04. The van der Waals surface area contributed by atoms with Crippen molar-refractivity contribution in [2.24, 2.45) is 0 Å². The summed E-state index contributed by atoms with van der Waals surface area (Å²) in [6.45, 7) is 7.26. The number of hydrogen-bond donors (Lipinski definition) is 1. The lowest BCUT2D eigenvalue weighted by atomic mass is 10.1. The van der Waals surface area contributed by atoms with Gasteiger partial charge in [0, 0.05) is 24.7 Å². The lowest BCUT2D eigenvalue weighted by Crippen LogP contribution is -2.06. The van der Waals surface area contributed by atoms with E-state index in [9.17, 15) is 0 Å². The molecule has 0 fully saturated rings. The first-order chi connectivity index (χ1) is 9.71. The Hall–Kier alpha value is -1.90. The summed E-state index contributed by atoms with van der Waals surface area (Å²) in [5, 5.41) is 3.29. The third kappa shape index (κ3) is 4.05. The van der Waals surface area contributed by atoms with Gasteiger partial charge < -0.3 is 5.32 Å². The molecule has 0 saturated carbocycles. The molecule has 1 aromatic carbocycles. The van der Waals surface area contributed by atoms with Crippen LogP contribution in [0.15, 0.2) is 30.3 Å². The van der Waals surface area contributed by atoms with E-state index in [2.05, 4.69) is 66.4 Å². The van der Waals surface area contributed by atoms with Crippen molar-refractivity contribution in [3.05, 3.63) is 53.0 Å². The summed E-state index contributed by atoms with van der Waals surface area (Å²) in [5.41, 5.74) is 3.67. The summed E-state index contributed by atoms with van der Waals surface area (Å²) in [6, 6.07) is 10.6. The van der Waals surface area contributed by atoms with Gasteiger partial charge in [-0.05, 0) is 25.8 Å². The molecule has 2 rings (SSSR count). The van der Waals surface area contributed by atoms with Crippen LogP contribution in [0, 0.1) is 6.92 Å². The van der Waals surface area contributed by atoms with Gasteiger partial charge in [-0.3, -0.25) is 0 Å². The first-order valence-corrected chi connectivity index (χ1v) is 7.37. The van der Waals surface area contributed by atoms with Gasteiger partial charge in [-0.2, -0.15) is 0 Å². The van der Waals surface area contributed by atoms with Crippen molar-refractivity contribution in [3.63, 3.8) is 0 Å². The molecule has 0 saturated heterocycles. The van der Waals surface area contributed by atoms with Crippen molar-refractivity contribution in [3.8, 4) is 0 Å². The zero-order chi connectivity index (χ0) is 14.4. The molecule has 1 N–H and O–H groups in total. The van der Waals surface area contributed by atoms with E-state index in [1.165, 1.54) is 11.1 Å². The molecule has 0 aliphatic carbocycles. The predicted octanol–water partition coefficient (Wildman–Crippen LogP) is 3.76. The molecule has 0 aliphatic heterocycles. The van der Waals surface area contributed by atoms with Crippen LogP contribution >= 0.6 is 0 Å². The highest BCUT2D eigenvalue weighted by atomic mass is 15.0. The van der Waals surface area contributed by atoms with Gasteiger partial charge >= 0.3 is 0 Å². The monoisotopic (exact) mass is 269 g/mol. The van der Waals surface area contributed by atoms with Gasteiger partial charge in [0.2, 0.25) is 0 Å². The van der Waals surface area contributed by atoms with Gasteiger partial charge in [-0.1, -0.05) is 43.2 Å². The molecule has 0 spiro atoms. The maximum atomic E-state index is 4.68. The van der Waals surface area contributed by atoms with E-state index in [1.54, 1.807) is 0 Å². The zero-order valence-corrected chi connectivity index (χ0v) is 12.6. The molecule has 1 aromatic heterocycles. The van der Waals surface area contributed by atoms with Crippen molar-refractivity contribution in [2.75, 3.05) is 11.9 Å². The van der Waals surface area contributed by atoms with E-state index >= 15 is 0 Å². The summed E-state index contributed by atoms with van der Waals surface area (Å²) in [7, 11) is 0. The third-order valence-electron chi connectivity index (χ3n) is 3.13. The van der Waals surface area contributed by atoms with Crippen LogP contribution in [0.5, 0.6) is 0 Å². The molecule has 2 aromatic rings. The average Bonchev–Trinajstić information content (AvgIpc) is 2.39. The Balaban J connectivity index is 2.25. The van der Waals surface area contributed by atoms with Gasteiger partial charge in [-0.25, -0.2) is 9.97 Å². The summed E-state index contributed by atoms with van der Waals surface area (Å²) in [6.07, 6.45) is 2.89. The molecule has 0 unspecified atom stereocenters. The van der Waals surface area contributed by atoms with Gasteiger partial charge in [-0.15, -0.1) is 0 Å². The van der Waals surface area contributed by atoms with Crippen LogP contribution in [0.4, 0.5) is 5.82 Å². The number of nitrogens with one attached hydrogen (secondary N) is 1. The quantitative estimate of drug-likeness (QED) is 0.867. The molecule has 1 heterocycles. The van der Waals surface area contributed by atoms with E-state index in [1.807, 2.05) is 0 Å². The molecule has 0 aliphatic rings. The highest BCUT2D eigenvalue weighted by Gasteiger charge is 2.05. The molecule has 0 atom stereocenters. The van der Waals surface area contributed by atoms with Crippen molar-refractivity contribution in [1.29, 1.82) is 0 Å². The van der Waals surface area contributed by atoms with Gasteiger partial charge in [0.1, 0.15) is 11.6 Å². The van der Waals surface area contributed by atoms with Crippen LogP contribution in [0.3, 0.4) is 0 Å². The minimum Gasteiger partial charge on any atom is -0.370 e. The summed E-state index contributed by atoms with van der Waals surface area (Å²) >= 11 is 0. The SMILES string of the molecule is CCCc1cc(NCC)nc(Cc2cccc(C)c2)n1. The third-order valence-corrected chi connectivity index (χ3v) is 3.13. The molecule has 3 nitrogen and oxygen atoms in total. The normalized spacial score (nSPS) is 10.6. The molecule has 20 heavy (non-hydrogen) atoms. The zero-order valence-electron chi connectivity index (χ0n) is 12.6. The highest BCUT2D eigenvalue weighted by molar-refractivity contribution is 5.37. The predicted molar refractivity (Wildman–Crippen MR) is 84.2 cm³/mol. The Labute approximate surface area is 121 Å². The minimum atomic E-state index is 0.789. The van der Waals surface area contributed by atoms with Crippen LogP contribution in [-0.2, 0) is 12.8 Å². The second-order valence-corrected chi connectivity index (χ2v) is 5.11. The number of rotatable bonds is 6. The lowest BCUT2D eigenvalue weighted by Gasteiger charge is -2.09. The molecule has 0 bridgehead atoms. The fourth-order valence-electron chi connectivity index (χ4n) is 2.29. The van der Waals surface area contributed by atoms with Gasteiger partial charge in [0.25, 0.3) is 0 Å². The fourth-order valence-corrected chi connectivity index (χ4v) is 2.29. The number of aromatic nitrogens is 2. The number of aryl methyl sites for hydroxylation is 2. The second-order valence-electron chi connectivity index (χ2n) is 5.11. The van der Waals surface area contributed by atoms with Crippen LogP contribution in [-0.4, -0.2) is 16.5 Å². The van der Waals surface area contributed by atoms with E-state index < -0.39 is 0 Å². The molecule has 106 valence electrons. The Morgan fingerprint density at radius 1 is 1.10 bits per heavy atom. The van der Waals surface area contributed by atoms with Crippen LogP contribution < -0.4 is 5.32 Å². The first kappa shape index (κ1) is 14.5. The standard InChI is InChI=1S/C17H23N3/c1-4-7-15-12-16(18-5-2)20-17(19-15)11-14-9-6-8-13(3)10-14/h6,8-10,12H,4-5,7,11H2,1-3H3,(H,18,19,20). The van der Waals surface area contributed by atoms with Crippen molar-refractivity contribution >= 4 is 5.82 Å². The van der Waals surface area contributed by atoms with E-state index in [-0.39, 0.29) is 0 Å². The molecular formula is C17H23N3. The van der Waals surface area contributed by atoms with Gasteiger partial charge in [0.05, 0.1) is 0 Å². The molecule has 3 heteroatoms. The Kier molecular flexibility index (Phi) is 5.10. The van der Waals surface area contributed by atoms with E-state index in [0.717, 1.165) is 43.1 Å². The molecular weight excluding hydrogens is 246 g/mol. The maximum Gasteiger partial charge on any atom is 0.135 e. The van der Waals surface area contributed by atoms with Crippen LogP contribution in [0.2, 0.25) is 0 Å². The minimum absolute atomic E-state index is 0.789. The smallest absolute Gasteiger partial charge is 0.135 e.